The maximum absolute atomic E-state index is 13.5. The summed E-state index contributed by atoms with van der Waals surface area (Å²) in [6.07, 6.45) is 0. The van der Waals surface area contributed by atoms with Crippen molar-refractivity contribution in [3.8, 4) is 11.5 Å². The molecule has 0 aromatic heterocycles. The smallest absolute Gasteiger partial charge is 0.329 e. The highest BCUT2D eigenvalue weighted by Gasteiger charge is 2.46. The Labute approximate surface area is 278 Å². The van der Waals surface area contributed by atoms with Crippen LogP contribution in [-0.2, 0) is 29.9 Å². The van der Waals surface area contributed by atoms with Gasteiger partial charge in [0, 0.05) is 64.3 Å². The molecule has 0 saturated carbocycles. The van der Waals surface area contributed by atoms with E-state index >= 15 is 0 Å². The van der Waals surface area contributed by atoms with E-state index in [0.29, 0.717) is 30.2 Å². The Morgan fingerprint density at radius 2 is 1.74 bits per heavy atom. The van der Waals surface area contributed by atoms with E-state index < -0.39 is 18.6 Å². The molecule has 0 bridgehead atoms. The second-order valence-corrected chi connectivity index (χ2v) is 16.5. The number of anilines is 1. The van der Waals surface area contributed by atoms with Crippen LogP contribution in [0.25, 0.3) is 5.57 Å². The van der Waals surface area contributed by atoms with Gasteiger partial charge in [0.2, 0.25) is 15.4 Å². The largest absolute Gasteiger partial charge is 0.456 e. The number of ether oxygens (including phenoxy) is 1. The third-order valence-electron chi connectivity index (χ3n) is 10.7. The van der Waals surface area contributed by atoms with Crippen molar-refractivity contribution in [2.24, 2.45) is 0 Å². The molecule has 12 heteroatoms. The van der Waals surface area contributed by atoms with Crippen molar-refractivity contribution >= 4 is 29.9 Å². The van der Waals surface area contributed by atoms with Crippen LogP contribution in [0, 0.1) is 0 Å². The Hall–Kier alpha value is -2.89. The third kappa shape index (κ3) is 5.40. The molecule has 6 rings (SSSR count). The van der Waals surface area contributed by atoms with Crippen LogP contribution in [0.4, 0.5) is 5.69 Å². The molecule has 0 fully saturated rings. The normalized spacial score (nSPS) is 21.2. The Bertz CT molecular complexity index is 1980. The van der Waals surface area contributed by atoms with E-state index in [2.05, 4.69) is 73.9 Å². The summed E-state index contributed by atoms with van der Waals surface area (Å²) in [5, 5.41) is 11.8. The van der Waals surface area contributed by atoms with Gasteiger partial charge in [-0.15, -0.1) is 0 Å². The lowest BCUT2D eigenvalue weighted by Gasteiger charge is -2.31. The zero-order chi connectivity index (χ0) is 34.1. The number of β-amino-alcohol motifs (C(OH)–C–C–N with tert-alkyl or cyclic N) is 1. The first-order valence-corrected chi connectivity index (χ1v) is 18.6. The molecular weight excluding hydrogens is 637 g/mol. The van der Waals surface area contributed by atoms with Gasteiger partial charge in [-0.3, -0.25) is 0 Å². The highest BCUT2D eigenvalue weighted by atomic mass is 32.2. The van der Waals surface area contributed by atoms with Crippen LogP contribution < -0.4 is 29.5 Å². The lowest BCUT2D eigenvalue weighted by molar-refractivity contribution is 0.216. The number of nitrogens with zero attached hydrogens (tertiary/aromatic N) is 2. The van der Waals surface area contributed by atoms with Crippen molar-refractivity contribution in [3.05, 3.63) is 81.4 Å². The fourth-order valence-electron chi connectivity index (χ4n) is 7.43. The molecule has 3 unspecified atom stereocenters. The number of rotatable bonds is 10. The number of aliphatic hydroxyl groups is 1. The van der Waals surface area contributed by atoms with Crippen LogP contribution in [0.2, 0.25) is 0 Å². The van der Waals surface area contributed by atoms with Gasteiger partial charge in [-0.2, -0.15) is 0 Å². The van der Waals surface area contributed by atoms with Crippen molar-refractivity contribution in [2.75, 3.05) is 45.4 Å². The monoisotopic (exact) mass is 682 g/mol. The number of hydrogen-bond donors (Lipinski definition) is 3. The number of aliphatic hydroxyl groups excluding tert-OH is 1. The summed E-state index contributed by atoms with van der Waals surface area (Å²) in [6.45, 7) is 14.5. The van der Waals surface area contributed by atoms with E-state index in [1.165, 1.54) is 14.2 Å². The van der Waals surface area contributed by atoms with E-state index in [0.717, 1.165) is 38.5 Å². The molecule has 3 aliphatic rings. The van der Waals surface area contributed by atoms with Gasteiger partial charge in [0.25, 0.3) is 0 Å². The van der Waals surface area contributed by atoms with Crippen LogP contribution in [-0.4, -0.2) is 71.0 Å². The molecule has 3 N–H and O–H groups in total. The highest BCUT2D eigenvalue weighted by Crippen LogP contribution is 2.50. The Morgan fingerprint density at radius 3 is 2.43 bits per heavy atom. The van der Waals surface area contributed by atoms with Gasteiger partial charge in [-0.25, -0.2) is 17.7 Å². The quantitative estimate of drug-likeness (QED) is 0.172. The molecule has 3 aromatic carbocycles. The average Bonchev–Trinajstić information content (AvgIpc) is 3.34. The summed E-state index contributed by atoms with van der Waals surface area (Å²) in [5.41, 5.74) is 4.94. The molecule has 10 nitrogen and oxygen atoms in total. The van der Waals surface area contributed by atoms with Crippen molar-refractivity contribution in [1.29, 1.82) is 0 Å². The zero-order valence-electron chi connectivity index (χ0n) is 28.3. The van der Waals surface area contributed by atoms with E-state index in [-0.39, 0.29) is 41.0 Å². The number of sulfonamides is 1. The second kappa shape index (κ2) is 12.2. The van der Waals surface area contributed by atoms with Crippen LogP contribution >= 0.6 is 8.60 Å². The summed E-state index contributed by atoms with van der Waals surface area (Å²) >= 11 is 0. The van der Waals surface area contributed by atoms with Crippen molar-refractivity contribution in [2.45, 2.75) is 69.4 Å². The number of fused-ring (bicyclic) bond motifs is 4. The van der Waals surface area contributed by atoms with E-state index in [1.807, 2.05) is 18.2 Å². The predicted molar refractivity (Wildman–Crippen MR) is 184 cm³/mol. The van der Waals surface area contributed by atoms with Crippen molar-refractivity contribution < 1.29 is 32.2 Å². The fourth-order valence-corrected chi connectivity index (χ4v) is 8.71. The molecule has 0 saturated heterocycles. The molecule has 3 aromatic rings. The van der Waals surface area contributed by atoms with Gasteiger partial charge in [0.15, 0.2) is 12.6 Å². The topological polar surface area (TPSA) is 121 Å². The van der Waals surface area contributed by atoms with Crippen LogP contribution in [0.15, 0.2) is 53.4 Å². The third-order valence-corrected chi connectivity index (χ3v) is 12.9. The molecule has 3 aliphatic heterocycles. The zero-order valence-corrected chi connectivity index (χ0v) is 30.0. The molecule has 0 aliphatic carbocycles. The fraction of sp³-hybridized carbons (Fsp3) is 0.457. The molecule has 47 heavy (non-hydrogen) atoms. The minimum Gasteiger partial charge on any atom is -0.456 e. The first-order chi connectivity index (χ1) is 22.2. The summed E-state index contributed by atoms with van der Waals surface area (Å²) in [4.78, 5) is 12.3. The van der Waals surface area contributed by atoms with Crippen molar-refractivity contribution in [1.82, 2.24) is 9.30 Å². The first-order valence-electron chi connectivity index (χ1n) is 15.9. The van der Waals surface area contributed by atoms with Gasteiger partial charge in [-0.1, -0.05) is 32.0 Å². The van der Waals surface area contributed by atoms with Crippen molar-refractivity contribution in [3.63, 3.8) is 0 Å². The first kappa shape index (κ1) is 34.0. The van der Waals surface area contributed by atoms with E-state index in [9.17, 15) is 18.4 Å². The lowest BCUT2D eigenvalue weighted by Crippen LogP contribution is -2.40. The molecule has 252 valence electrons. The van der Waals surface area contributed by atoms with Crippen LogP contribution in [0.5, 0.6) is 11.5 Å². The summed E-state index contributed by atoms with van der Waals surface area (Å²) in [5.74, 6) is 1.25. The second-order valence-electron chi connectivity index (χ2n) is 13.6. The maximum atomic E-state index is 13.5. The minimum atomic E-state index is -3.81. The Morgan fingerprint density at radius 1 is 1.02 bits per heavy atom. The number of nitrogens with one attached hydrogen (secondary N) is 1. The summed E-state index contributed by atoms with van der Waals surface area (Å²) < 4.78 is 48.9. The van der Waals surface area contributed by atoms with Crippen LogP contribution in [0.3, 0.4) is 0 Å². The molecule has 0 spiro atoms. The highest BCUT2D eigenvalue weighted by molar-refractivity contribution is 7.89. The van der Waals surface area contributed by atoms with Gasteiger partial charge < -0.3 is 28.7 Å². The minimum absolute atomic E-state index is 0.0233. The van der Waals surface area contributed by atoms with Gasteiger partial charge >= 0.3 is 8.60 Å². The molecular formula is C35H45N3O7PS+. The van der Waals surface area contributed by atoms with Gasteiger partial charge in [0.05, 0.1) is 23.0 Å². The SMILES string of the molecule is CNS(=O)(=O)c1ccccc1C1=c2cc3c(cc2Oc2cc4c(cc21)C(C)(C)C(C)N4CCO)=[N+](CCOP(O)OC)C(C)C3(C)C. The molecule has 0 amide bonds. The summed E-state index contributed by atoms with van der Waals surface area (Å²) in [6, 6.07) is 15.8. The van der Waals surface area contributed by atoms with E-state index in [1.54, 1.807) is 12.1 Å². The Kier molecular flexibility index (Phi) is 8.83. The predicted octanol–water partition coefficient (Wildman–Crippen LogP) is 3.48. The van der Waals surface area contributed by atoms with Gasteiger partial charge in [0.1, 0.15) is 18.1 Å². The summed E-state index contributed by atoms with van der Waals surface area (Å²) in [7, 11) is -2.91. The standard InChI is InChI=1S/C35H45N3O7PS/c1-21-34(3,4)26-17-24-30(19-28(26)37(21)13-15-39)45-31-20-29-27(35(5,6)22(2)38(29)14-16-44-46(40)43-8)18-25(31)33(24)23-11-9-10-12-32(23)47(41,42)36-7/h9-12,17-22,36,39-40H,13-16H2,1-8H3/q+1. The lowest BCUT2D eigenvalue weighted by atomic mass is 9.78. The number of hydrogen-bond acceptors (Lipinski definition) is 8. The molecule has 3 atom stereocenters. The van der Waals surface area contributed by atoms with Gasteiger partial charge in [-0.05, 0) is 58.5 Å². The Balaban J connectivity index is 1.68. The maximum Gasteiger partial charge on any atom is 0.329 e. The molecule has 3 heterocycles. The van der Waals surface area contributed by atoms with E-state index in [4.69, 9.17) is 13.8 Å². The number of benzene rings is 3. The van der Waals surface area contributed by atoms with Crippen LogP contribution in [0.1, 0.15) is 63.8 Å². The molecule has 0 radical (unpaired) electrons. The average molecular weight is 683 g/mol.